The monoisotopic (exact) mass is 315 g/mol. The van der Waals surface area contributed by atoms with Gasteiger partial charge in [-0.05, 0) is 49.0 Å². The predicted molar refractivity (Wildman–Crippen MR) is 88.7 cm³/mol. The van der Waals surface area contributed by atoms with Gasteiger partial charge < -0.3 is 4.90 Å². The molecule has 4 nitrogen and oxygen atoms in total. The van der Waals surface area contributed by atoms with Gasteiger partial charge in [-0.3, -0.25) is 14.7 Å². The Labute approximate surface area is 135 Å². The smallest absolute Gasteiger partial charge is 0.237 e. The summed E-state index contributed by atoms with van der Waals surface area (Å²) in [5.41, 5.74) is 2.45. The van der Waals surface area contributed by atoms with Crippen LogP contribution >= 0.6 is 11.3 Å². The van der Waals surface area contributed by atoms with Gasteiger partial charge in [0.1, 0.15) is 0 Å². The van der Waals surface area contributed by atoms with Crippen LogP contribution in [-0.4, -0.2) is 40.8 Å². The standard InChI is InChI=1S/C17H21N3OS/c1-13(14-4-3-7-18-10-14)19(2)12-17(21)20-8-5-16-15(11-20)6-9-22-16/h3-4,6-7,9-10,13H,5,8,11-12H2,1-2H3/t13-/m0/s1. The normalized spacial score (nSPS) is 15.7. The van der Waals surface area contributed by atoms with Crippen LogP contribution in [0.15, 0.2) is 36.0 Å². The topological polar surface area (TPSA) is 36.4 Å². The molecule has 1 aliphatic heterocycles. The van der Waals surface area contributed by atoms with E-state index in [1.807, 2.05) is 24.2 Å². The summed E-state index contributed by atoms with van der Waals surface area (Å²) in [5.74, 6) is 0.204. The van der Waals surface area contributed by atoms with Crippen molar-refractivity contribution in [2.75, 3.05) is 20.1 Å². The number of hydrogen-bond acceptors (Lipinski definition) is 4. The summed E-state index contributed by atoms with van der Waals surface area (Å²) in [5, 5.41) is 2.12. The number of carbonyl (C=O) groups is 1. The summed E-state index contributed by atoms with van der Waals surface area (Å²) >= 11 is 1.80. The molecule has 0 saturated carbocycles. The van der Waals surface area contributed by atoms with Crippen LogP contribution < -0.4 is 0 Å². The molecule has 116 valence electrons. The molecule has 3 heterocycles. The summed E-state index contributed by atoms with van der Waals surface area (Å²) in [6, 6.07) is 6.31. The highest BCUT2D eigenvalue weighted by Crippen LogP contribution is 2.24. The van der Waals surface area contributed by atoms with Crippen LogP contribution in [0.1, 0.15) is 29.0 Å². The summed E-state index contributed by atoms with van der Waals surface area (Å²) < 4.78 is 0. The first-order valence-corrected chi connectivity index (χ1v) is 8.46. The molecule has 0 N–H and O–H groups in total. The highest BCUT2D eigenvalue weighted by atomic mass is 32.1. The van der Waals surface area contributed by atoms with Crippen LogP contribution in [-0.2, 0) is 17.8 Å². The number of hydrogen-bond donors (Lipinski definition) is 0. The van der Waals surface area contributed by atoms with Crippen molar-refractivity contribution >= 4 is 17.2 Å². The number of rotatable bonds is 4. The number of nitrogens with zero attached hydrogens (tertiary/aromatic N) is 3. The Kier molecular flexibility index (Phi) is 4.55. The van der Waals surface area contributed by atoms with Crippen molar-refractivity contribution in [1.29, 1.82) is 0 Å². The molecule has 1 atom stereocenters. The third-order valence-electron chi connectivity index (χ3n) is 4.37. The van der Waals surface area contributed by atoms with E-state index in [2.05, 4.69) is 34.3 Å². The van der Waals surface area contributed by atoms with E-state index in [4.69, 9.17) is 0 Å². The van der Waals surface area contributed by atoms with E-state index in [-0.39, 0.29) is 11.9 Å². The number of likely N-dealkylation sites (N-methyl/N-ethyl adjacent to an activating group) is 1. The van der Waals surface area contributed by atoms with Gasteiger partial charge in [0.05, 0.1) is 6.54 Å². The molecule has 0 bridgehead atoms. The largest absolute Gasteiger partial charge is 0.337 e. The molecule has 2 aromatic rings. The van der Waals surface area contributed by atoms with Gasteiger partial charge in [-0.2, -0.15) is 0 Å². The Morgan fingerprint density at radius 1 is 1.50 bits per heavy atom. The minimum absolute atomic E-state index is 0.180. The fraction of sp³-hybridized carbons (Fsp3) is 0.412. The zero-order valence-corrected chi connectivity index (χ0v) is 13.8. The van der Waals surface area contributed by atoms with Crippen molar-refractivity contribution in [1.82, 2.24) is 14.8 Å². The Hall–Kier alpha value is -1.72. The van der Waals surface area contributed by atoms with Crippen LogP contribution in [0.2, 0.25) is 0 Å². The van der Waals surface area contributed by atoms with Gasteiger partial charge in [-0.25, -0.2) is 0 Å². The van der Waals surface area contributed by atoms with Crippen molar-refractivity contribution in [3.8, 4) is 0 Å². The third kappa shape index (κ3) is 3.20. The molecule has 1 aliphatic rings. The number of aromatic nitrogens is 1. The lowest BCUT2D eigenvalue weighted by Crippen LogP contribution is -2.41. The van der Waals surface area contributed by atoms with E-state index in [9.17, 15) is 4.79 Å². The van der Waals surface area contributed by atoms with Crippen LogP contribution in [0.25, 0.3) is 0 Å². The van der Waals surface area contributed by atoms with Gasteiger partial charge in [0.25, 0.3) is 0 Å². The van der Waals surface area contributed by atoms with Gasteiger partial charge in [0.15, 0.2) is 0 Å². The molecule has 0 unspecified atom stereocenters. The SMILES string of the molecule is C[C@@H](c1cccnc1)N(C)CC(=O)N1CCc2sccc2C1. The predicted octanol–water partition coefficient (Wildman–Crippen LogP) is 2.72. The maximum absolute atomic E-state index is 12.5. The summed E-state index contributed by atoms with van der Waals surface area (Å²) in [4.78, 5) is 22.2. The minimum atomic E-state index is 0.180. The summed E-state index contributed by atoms with van der Waals surface area (Å²) in [6.07, 6.45) is 4.62. The fourth-order valence-electron chi connectivity index (χ4n) is 2.79. The van der Waals surface area contributed by atoms with E-state index in [0.717, 1.165) is 25.1 Å². The Bertz CT molecular complexity index is 640. The number of thiophene rings is 1. The lowest BCUT2D eigenvalue weighted by Gasteiger charge is -2.31. The zero-order valence-electron chi connectivity index (χ0n) is 13.0. The molecule has 1 amide bonds. The van der Waals surface area contributed by atoms with Crippen LogP contribution in [0.3, 0.4) is 0 Å². The molecule has 0 radical (unpaired) electrons. The molecule has 0 saturated heterocycles. The minimum Gasteiger partial charge on any atom is -0.337 e. The molecular formula is C17H21N3OS. The van der Waals surface area contributed by atoms with Crippen LogP contribution in [0.5, 0.6) is 0 Å². The number of fused-ring (bicyclic) bond motifs is 1. The quantitative estimate of drug-likeness (QED) is 0.870. The van der Waals surface area contributed by atoms with Crippen molar-refractivity contribution < 1.29 is 4.79 Å². The van der Waals surface area contributed by atoms with Gasteiger partial charge >= 0.3 is 0 Å². The lowest BCUT2D eigenvalue weighted by molar-refractivity contribution is -0.133. The summed E-state index contributed by atoms with van der Waals surface area (Å²) in [6.45, 7) is 4.14. The molecule has 2 aromatic heterocycles. The van der Waals surface area contributed by atoms with Crippen molar-refractivity contribution in [3.63, 3.8) is 0 Å². The molecule has 0 aromatic carbocycles. The molecular weight excluding hydrogens is 294 g/mol. The lowest BCUT2D eigenvalue weighted by atomic mass is 10.1. The molecule has 0 fully saturated rings. The van der Waals surface area contributed by atoms with Gasteiger partial charge in [-0.15, -0.1) is 11.3 Å². The first-order chi connectivity index (χ1) is 10.6. The summed E-state index contributed by atoms with van der Waals surface area (Å²) in [7, 11) is 2.00. The Balaban J connectivity index is 1.60. The van der Waals surface area contributed by atoms with E-state index >= 15 is 0 Å². The molecule has 5 heteroatoms. The third-order valence-corrected chi connectivity index (χ3v) is 5.40. The van der Waals surface area contributed by atoms with E-state index in [1.165, 1.54) is 10.4 Å². The van der Waals surface area contributed by atoms with Crippen LogP contribution in [0.4, 0.5) is 0 Å². The molecule has 3 rings (SSSR count). The van der Waals surface area contributed by atoms with E-state index < -0.39 is 0 Å². The van der Waals surface area contributed by atoms with Gasteiger partial charge in [0.2, 0.25) is 5.91 Å². The van der Waals surface area contributed by atoms with Crippen molar-refractivity contribution in [2.24, 2.45) is 0 Å². The second-order valence-electron chi connectivity index (χ2n) is 5.81. The first kappa shape index (κ1) is 15.2. The second-order valence-corrected chi connectivity index (χ2v) is 6.81. The average Bonchev–Trinajstić information content (AvgIpc) is 3.02. The molecule has 22 heavy (non-hydrogen) atoms. The number of carbonyl (C=O) groups excluding carboxylic acids is 1. The van der Waals surface area contributed by atoms with E-state index in [0.29, 0.717) is 6.54 Å². The maximum atomic E-state index is 12.5. The van der Waals surface area contributed by atoms with E-state index in [1.54, 1.807) is 17.5 Å². The molecule has 0 aliphatic carbocycles. The first-order valence-electron chi connectivity index (χ1n) is 7.58. The number of amides is 1. The molecule has 0 spiro atoms. The Morgan fingerprint density at radius 2 is 2.36 bits per heavy atom. The maximum Gasteiger partial charge on any atom is 0.237 e. The zero-order chi connectivity index (χ0) is 15.5. The van der Waals surface area contributed by atoms with Crippen LogP contribution in [0, 0.1) is 0 Å². The number of pyridine rings is 1. The van der Waals surface area contributed by atoms with Crippen molar-refractivity contribution in [2.45, 2.75) is 25.9 Å². The Morgan fingerprint density at radius 3 is 3.14 bits per heavy atom. The highest BCUT2D eigenvalue weighted by molar-refractivity contribution is 7.10. The fourth-order valence-corrected chi connectivity index (χ4v) is 3.68. The van der Waals surface area contributed by atoms with Gasteiger partial charge in [0, 0.05) is 36.4 Å². The highest BCUT2D eigenvalue weighted by Gasteiger charge is 2.23. The second kappa shape index (κ2) is 6.58. The van der Waals surface area contributed by atoms with Crippen molar-refractivity contribution in [3.05, 3.63) is 52.0 Å². The van der Waals surface area contributed by atoms with Gasteiger partial charge in [-0.1, -0.05) is 6.07 Å². The average molecular weight is 315 g/mol.